The van der Waals surface area contributed by atoms with Gasteiger partial charge in [-0.3, -0.25) is 9.36 Å². The van der Waals surface area contributed by atoms with E-state index >= 15 is 0 Å². The van der Waals surface area contributed by atoms with Gasteiger partial charge in [0.2, 0.25) is 0 Å². The van der Waals surface area contributed by atoms with Crippen LogP contribution in [-0.4, -0.2) is 21.2 Å². The van der Waals surface area contributed by atoms with Gasteiger partial charge in [-0.15, -0.1) is 0 Å². The van der Waals surface area contributed by atoms with E-state index in [-0.39, 0.29) is 28.8 Å². The van der Waals surface area contributed by atoms with Crippen LogP contribution in [0.15, 0.2) is 41.2 Å². The summed E-state index contributed by atoms with van der Waals surface area (Å²) < 4.78 is 61.3. The summed E-state index contributed by atoms with van der Waals surface area (Å²) in [6, 6.07) is 5.24. The minimum absolute atomic E-state index is 0.0367. The lowest BCUT2D eigenvalue weighted by Gasteiger charge is -2.25. The highest BCUT2D eigenvalue weighted by Gasteiger charge is 2.26. The molecule has 0 fully saturated rings. The smallest absolute Gasteiger partial charge is 0.408 e. The number of alkyl carbamates (subject to hydrolysis) is 1. The lowest BCUT2D eigenvalue weighted by atomic mass is 10.1. The zero-order chi connectivity index (χ0) is 24.5. The first-order valence-corrected chi connectivity index (χ1v) is 10.2. The van der Waals surface area contributed by atoms with Gasteiger partial charge in [-0.05, 0) is 45.4 Å². The van der Waals surface area contributed by atoms with Crippen molar-refractivity contribution in [1.82, 2.24) is 14.9 Å². The van der Waals surface area contributed by atoms with Crippen molar-refractivity contribution in [1.29, 1.82) is 0 Å². The molecule has 6 nitrogen and oxygen atoms in total. The van der Waals surface area contributed by atoms with Gasteiger partial charge in [-0.1, -0.05) is 19.1 Å². The average molecular weight is 465 g/mol. The second-order valence-corrected chi connectivity index (χ2v) is 8.39. The van der Waals surface area contributed by atoms with Crippen LogP contribution >= 0.6 is 0 Å². The number of nitrogens with zero attached hydrogens (tertiary/aromatic N) is 2. The number of nitrogens with one attached hydrogen (secondary N) is 1. The zero-order valence-electron chi connectivity index (χ0n) is 18.5. The maximum Gasteiger partial charge on any atom is 0.408 e. The molecule has 1 N–H and O–H groups in total. The van der Waals surface area contributed by atoms with Crippen LogP contribution in [-0.2, 0) is 4.74 Å². The monoisotopic (exact) mass is 465 g/mol. The molecular weight excluding hydrogens is 442 g/mol. The fraction of sp³-hybridized carbons (Fsp3) is 0.348. The van der Waals surface area contributed by atoms with Crippen molar-refractivity contribution >= 4 is 17.0 Å². The highest BCUT2D eigenvalue weighted by Crippen LogP contribution is 2.28. The van der Waals surface area contributed by atoms with E-state index < -0.39 is 46.9 Å². The van der Waals surface area contributed by atoms with Crippen LogP contribution in [0.4, 0.5) is 22.4 Å². The van der Waals surface area contributed by atoms with Gasteiger partial charge in [-0.25, -0.2) is 27.3 Å². The first kappa shape index (κ1) is 24.2. The van der Waals surface area contributed by atoms with Crippen LogP contribution in [0.1, 0.15) is 58.0 Å². The largest absolute Gasteiger partial charge is 0.444 e. The summed E-state index contributed by atoms with van der Waals surface area (Å²) >= 11 is 0. The Morgan fingerprint density at radius 3 is 2.33 bits per heavy atom. The molecule has 3 aromatic rings. The van der Waals surface area contributed by atoms with E-state index in [1.807, 2.05) is 0 Å². The number of ether oxygens (including phenoxy) is 1. The van der Waals surface area contributed by atoms with Crippen molar-refractivity contribution in [2.75, 3.05) is 0 Å². The quantitative estimate of drug-likeness (QED) is 0.500. The number of hydrogen-bond acceptors (Lipinski definition) is 4. The summed E-state index contributed by atoms with van der Waals surface area (Å²) in [4.78, 5) is 30.2. The summed E-state index contributed by atoms with van der Waals surface area (Å²) in [6.45, 7) is 6.68. The third kappa shape index (κ3) is 5.32. The van der Waals surface area contributed by atoms with E-state index in [1.54, 1.807) is 27.7 Å². The fourth-order valence-corrected chi connectivity index (χ4v) is 3.41. The fourth-order valence-electron chi connectivity index (χ4n) is 3.41. The molecule has 1 heterocycles. The number of alkyl halides is 2. The minimum Gasteiger partial charge on any atom is -0.444 e. The minimum atomic E-state index is -2.98. The molecule has 0 aliphatic heterocycles. The molecule has 33 heavy (non-hydrogen) atoms. The number of aromatic nitrogens is 2. The van der Waals surface area contributed by atoms with Gasteiger partial charge in [0.05, 0.1) is 22.6 Å². The van der Waals surface area contributed by atoms with E-state index in [2.05, 4.69) is 10.3 Å². The Morgan fingerprint density at radius 1 is 1.15 bits per heavy atom. The Bertz CT molecular complexity index is 1230. The molecule has 1 amide bonds. The number of halogens is 4. The second-order valence-electron chi connectivity index (χ2n) is 8.39. The van der Waals surface area contributed by atoms with Gasteiger partial charge in [0.25, 0.3) is 12.0 Å². The summed E-state index contributed by atoms with van der Waals surface area (Å²) in [5.41, 5.74) is -2.60. The summed E-state index contributed by atoms with van der Waals surface area (Å²) in [7, 11) is 0. The van der Waals surface area contributed by atoms with Crippen LogP contribution in [0, 0.1) is 11.6 Å². The molecule has 1 atom stereocenters. The van der Waals surface area contributed by atoms with Crippen molar-refractivity contribution in [2.24, 2.45) is 0 Å². The van der Waals surface area contributed by atoms with E-state index in [4.69, 9.17) is 4.74 Å². The molecule has 176 valence electrons. The van der Waals surface area contributed by atoms with Gasteiger partial charge < -0.3 is 10.1 Å². The lowest BCUT2D eigenvalue weighted by molar-refractivity contribution is 0.0499. The first-order chi connectivity index (χ1) is 15.4. The number of benzene rings is 2. The van der Waals surface area contributed by atoms with E-state index in [0.29, 0.717) is 6.07 Å². The summed E-state index contributed by atoms with van der Waals surface area (Å²) in [5.74, 6) is -2.03. The molecule has 0 unspecified atom stereocenters. The molecule has 0 radical (unpaired) electrons. The third-order valence-electron chi connectivity index (χ3n) is 4.71. The number of hydrogen-bond donors (Lipinski definition) is 1. The number of carbonyl (C=O) groups is 1. The molecule has 0 spiro atoms. The molecule has 0 saturated heterocycles. The van der Waals surface area contributed by atoms with Crippen molar-refractivity contribution in [3.8, 4) is 5.69 Å². The van der Waals surface area contributed by atoms with Crippen molar-refractivity contribution in [3.05, 3.63) is 69.8 Å². The Balaban J connectivity index is 2.31. The normalized spacial score (nSPS) is 12.8. The predicted octanol–water partition coefficient (Wildman–Crippen LogP) is 5.58. The van der Waals surface area contributed by atoms with E-state index in [1.165, 1.54) is 12.1 Å². The number of rotatable bonds is 5. The van der Waals surface area contributed by atoms with Crippen LogP contribution in [0.5, 0.6) is 0 Å². The summed E-state index contributed by atoms with van der Waals surface area (Å²) in [6.07, 6.45) is -3.57. The molecule has 3 rings (SSSR count). The number of carbonyl (C=O) groups excluding carboxylic acids is 1. The Morgan fingerprint density at radius 2 is 1.79 bits per heavy atom. The van der Waals surface area contributed by atoms with Gasteiger partial charge in [-0.2, -0.15) is 0 Å². The predicted molar refractivity (Wildman–Crippen MR) is 115 cm³/mol. The van der Waals surface area contributed by atoms with Gasteiger partial charge >= 0.3 is 6.09 Å². The molecule has 0 aliphatic rings. The van der Waals surface area contributed by atoms with Crippen LogP contribution < -0.4 is 10.9 Å². The molecule has 0 aliphatic carbocycles. The van der Waals surface area contributed by atoms with Gasteiger partial charge in [0.1, 0.15) is 23.1 Å². The highest BCUT2D eigenvalue weighted by molar-refractivity contribution is 5.82. The molecular formula is C23H23F4N3O3. The first-order valence-electron chi connectivity index (χ1n) is 10.2. The van der Waals surface area contributed by atoms with Crippen LogP contribution in [0.25, 0.3) is 16.6 Å². The Hall–Kier alpha value is -3.43. The van der Waals surface area contributed by atoms with Gasteiger partial charge in [0.15, 0.2) is 0 Å². The standard InChI is InChI=1S/C23H23F4N3O3/c1-5-16(29-22(32)33-23(2,3)4)20-28-17-8-6-7-15(19(26)27)18(17)21(31)30(20)14-10-12(24)9-13(25)11-14/h6-11,16,19H,5H2,1-4H3,(H,29,32)/t16-/m0/s1. The highest BCUT2D eigenvalue weighted by atomic mass is 19.3. The van der Waals surface area contributed by atoms with Crippen molar-refractivity contribution < 1.29 is 27.1 Å². The van der Waals surface area contributed by atoms with Gasteiger partial charge in [0, 0.05) is 11.6 Å². The molecule has 1 aromatic heterocycles. The van der Waals surface area contributed by atoms with E-state index in [9.17, 15) is 27.2 Å². The topological polar surface area (TPSA) is 73.2 Å². The Kier molecular flexibility index (Phi) is 6.76. The van der Waals surface area contributed by atoms with Crippen molar-refractivity contribution in [2.45, 2.75) is 52.2 Å². The Labute approximate surface area is 187 Å². The van der Waals surface area contributed by atoms with E-state index in [0.717, 1.165) is 22.8 Å². The van der Waals surface area contributed by atoms with Crippen LogP contribution in [0.2, 0.25) is 0 Å². The molecule has 0 saturated carbocycles. The van der Waals surface area contributed by atoms with Crippen molar-refractivity contribution in [3.63, 3.8) is 0 Å². The SMILES string of the molecule is CC[C@H](NC(=O)OC(C)(C)C)c1nc2cccc(C(F)F)c2c(=O)n1-c1cc(F)cc(F)c1. The molecule has 2 aromatic carbocycles. The second kappa shape index (κ2) is 9.21. The maximum absolute atomic E-state index is 14.0. The number of fused-ring (bicyclic) bond motifs is 1. The third-order valence-corrected chi connectivity index (χ3v) is 4.71. The van der Waals surface area contributed by atoms with Crippen LogP contribution in [0.3, 0.4) is 0 Å². The average Bonchev–Trinajstić information content (AvgIpc) is 2.69. The lowest BCUT2D eigenvalue weighted by Crippen LogP contribution is -2.38. The number of amides is 1. The maximum atomic E-state index is 14.0. The molecule has 10 heteroatoms. The summed E-state index contributed by atoms with van der Waals surface area (Å²) in [5, 5.41) is 2.21. The molecule has 0 bridgehead atoms. The zero-order valence-corrected chi connectivity index (χ0v) is 18.5.